The minimum atomic E-state index is -0.183. The number of amides is 2. The van der Waals surface area contributed by atoms with E-state index in [-0.39, 0.29) is 11.4 Å². The minimum Gasteiger partial charge on any atom is -0.496 e. The molecule has 0 aliphatic heterocycles. The number of carbonyl (C=O) groups excluding carboxylic acids is 1. The average Bonchev–Trinajstić information content (AvgIpc) is 2.37. The molecule has 0 atom stereocenters. The van der Waals surface area contributed by atoms with Gasteiger partial charge in [-0.15, -0.1) is 0 Å². The van der Waals surface area contributed by atoms with Crippen molar-refractivity contribution in [3.8, 4) is 5.75 Å². The number of urea groups is 1. The molecule has 0 saturated carbocycles. The number of ether oxygens (including phenoxy) is 1. The van der Waals surface area contributed by atoms with Crippen molar-refractivity contribution in [3.63, 3.8) is 0 Å². The molecule has 2 amide bonds. The molecule has 1 rings (SSSR count). The Bertz CT molecular complexity index is 403. The standard InChI is InChI=1S/C14H22N2O2/c1-5-15-13(17)16-10-14(2,3)11-8-6-7-9-12(11)18-4/h6-9H,5,10H2,1-4H3,(H2,15,16,17). The van der Waals surface area contributed by atoms with Gasteiger partial charge in [0.2, 0.25) is 0 Å². The molecule has 0 aliphatic carbocycles. The van der Waals surface area contributed by atoms with Crippen LogP contribution in [0.4, 0.5) is 4.79 Å². The van der Waals surface area contributed by atoms with Crippen molar-refractivity contribution in [2.45, 2.75) is 26.2 Å². The van der Waals surface area contributed by atoms with E-state index in [1.165, 1.54) is 0 Å². The Kier molecular flexibility index (Phi) is 5.01. The zero-order chi connectivity index (χ0) is 13.6. The van der Waals surface area contributed by atoms with Crippen molar-refractivity contribution in [1.82, 2.24) is 10.6 Å². The van der Waals surface area contributed by atoms with Crippen LogP contribution in [0.1, 0.15) is 26.3 Å². The van der Waals surface area contributed by atoms with Gasteiger partial charge in [0, 0.05) is 24.1 Å². The summed E-state index contributed by atoms with van der Waals surface area (Å²) in [4.78, 5) is 11.4. The third-order valence-corrected chi connectivity index (χ3v) is 2.86. The molecule has 0 radical (unpaired) electrons. The van der Waals surface area contributed by atoms with Crippen molar-refractivity contribution < 1.29 is 9.53 Å². The van der Waals surface area contributed by atoms with Crippen molar-refractivity contribution in [3.05, 3.63) is 29.8 Å². The molecule has 0 aromatic heterocycles. The maximum atomic E-state index is 11.4. The highest BCUT2D eigenvalue weighted by atomic mass is 16.5. The van der Waals surface area contributed by atoms with Gasteiger partial charge in [-0.2, -0.15) is 0 Å². The molecule has 4 nitrogen and oxygen atoms in total. The molecule has 0 heterocycles. The van der Waals surface area contributed by atoms with E-state index >= 15 is 0 Å². The first-order valence-electron chi connectivity index (χ1n) is 6.16. The van der Waals surface area contributed by atoms with Gasteiger partial charge in [-0.05, 0) is 13.0 Å². The van der Waals surface area contributed by atoms with Crippen LogP contribution >= 0.6 is 0 Å². The second-order valence-electron chi connectivity index (χ2n) is 4.80. The number of hydrogen-bond donors (Lipinski definition) is 2. The summed E-state index contributed by atoms with van der Waals surface area (Å²) in [6, 6.07) is 7.74. The Morgan fingerprint density at radius 3 is 2.56 bits per heavy atom. The molecule has 0 aliphatic rings. The maximum absolute atomic E-state index is 11.4. The Morgan fingerprint density at radius 1 is 1.28 bits per heavy atom. The quantitative estimate of drug-likeness (QED) is 0.842. The van der Waals surface area contributed by atoms with E-state index < -0.39 is 0 Å². The summed E-state index contributed by atoms with van der Waals surface area (Å²) >= 11 is 0. The minimum absolute atomic E-state index is 0.138. The fourth-order valence-electron chi connectivity index (χ4n) is 1.82. The van der Waals surface area contributed by atoms with Crippen LogP contribution in [0.15, 0.2) is 24.3 Å². The third-order valence-electron chi connectivity index (χ3n) is 2.86. The first-order valence-corrected chi connectivity index (χ1v) is 6.16. The number of hydrogen-bond acceptors (Lipinski definition) is 2. The highest BCUT2D eigenvalue weighted by molar-refractivity contribution is 5.73. The average molecular weight is 250 g/mol. The van der Waals surface area contributed by atoms with Crippen molar-refractivity contribution >= 4 is 6.03 Å². The molecule has 4 heteroatoms. The van der Waals surface area contributed by atoms with Crippen LogP contribution in [0.5, 0.6) is 5.75 Å². The van der Waals surface area contributed by atoms with Crippen LogP contribution in [0.2, 0.25) is 0 Å². The van der Waals surface area contributed by atoms with Crippen LogP contribution < -0.4 is 15.4 Å². The lowest BCUT2D eigenvalue weighted by Gasteiger charge is -2.27. The number of carbonyl (C=O) groups is 1. The van der Waals surface area contributed by atoms with Crippen molar-refractivity contribution in [2.75, 3.05) is 20.2 Å². The van der Waals surface area contributed by atoms with E-state index in [0.717, 1.165) is 11.3 Å². The largest absolute Gasteiger partial charge is 0.496 e. The highest BCUT2D eigenvalue weighted by Crippen LogP contribution is 2.30. The first-order chi connectivity index (χ1) is 8.51. The summed E-state index contributed by atoms with van der Waals surface area (Å²) in [5.74, 6) is 0.847. The van der Waals surface area contributed by atoms with E-state index in [2.05, 4.69) is 24.5 Å². The summed E-state index contributed by atoms with van der Waals surface area (Å²) in [5, 5.41) is 5.58. The second kappa shape index (κ2) is 6.28. The predicted octanol–water partition coefficient (Wildman–Crippen LogP) is 2.29. The SMILES string of the molecule is CCNC(=O)NCC(C)(C)c1ccccc1OC. The van der Waals surface area contributed by atoms with E-state index in [1.54, 1.807) is 7.11 Å². The summed E-state index contributed by atoms with van der Waals surface area (Å²) in [5.41, 5.74) is 0.904. The van der Waals surface area contributed by atoms with Crippen molar-refractivity contribution in [1.29, 1.82) is 0 Å². The lowest BCUT2D eigenvalue weighted by atomic mass is 9.84. The van der Waals surface area contributed by atoms with E-state index in [0.29, 0.717) is 13.1 Å². The maximum Gasteiger partial charge on any atom is 0.314 e. The Morgan fingerprint density at radius 2 is 1.94 bits per heavy atom. The van der Waals surface area contributed by atoms with Gasteiger partial charge in [0.15, 0.2) is 0 Å². The van der Waals surface area contributed by atoms with Gasteiger partial charge >= 0.3 is 6.03 Å². The van der Waals surface area contributed by atoms with Gasteiger partial charge in [-0.1, -0.05) is 32.0 Å². The molecule has 0 spiro atoms. The van der Waals surface area contributed by atoms with E-state index in [4.69, 9.17) is 4.74 Å². The van der Waals surface area contributed by atoms with Gasteiger partial charge in [0.1, 0.15) is 5.75 Å². The molecule has 0 bridgehead atoms. The number of methoxy groups -OCH3 is 1. The van der Waals surface area contributed by atoms with Gasteiger partial charge in [-0.25, -0.2) is 4.79 Å². The third kappa shape index (κ3) is 3.65. The van der Waals surface area contributed by atoms with Gasteiger partial charge in [-0.3, -0.25) is 0 Å². The number of para-hydroxylation sites is 1. The fraction of sp³-hybridized carbons (Fsp3) is 0.500. The fourth-order valence-corrected chi connectivity index (χ4v) is 1.82. The Labute approximate surface area is 109 Å². The summed E-state index contributed by atoms with van der Waals surface area (Å²) < 4.78 is 5.36. The first kappa shape index (κ1) is 14.4. The molecular formula is C14H22N2O2. The van der Waals surface area contributed by atoms with Crippen LogP contribution in [0, 0.1) is 0 Å². The van der Waals surface area contributed by atoms with Crippen LogP contribution in [-0.4, -0.2) is 26.2 Å². The Balaban J connectivity index is 2.76. The molecule has 1 aromatic carbocycles. The molecule has 0 unspecified atom stereocenters. The lowest BCUT2D eigenvalue weighted by Crippen LogP contribution is -2.42. The zero-order valence-corrected chi connectivity index (χ0v) is 11.5. The normalized spacial score (nSPS) is 10.9. The van der Waals surface area contributed by atoms with Gasteiger partial charge in [0.05, 0.1) is 7.11 Å². The topological polar surface area (TPSA) is 50.4 Å². The molecule has 1 aromatic rings. The van der Waals surface area contributed by atoms with E-state index in [9.17, 15) is 4.79 Å². The molecular weight excluding hydrogens is 228 g/mol. The summed E-state index contributed by atoms with van der Waals surface area (Å²) in [6.07, 6.45) is 0. The molecule has 18 heavy (non-hydrogen) atoms. The number of nitrogens with one attached hydrogen (secondary N) is 2. The molecule has 0 saturated heterocycles. The van der Waals surface area contributed by atoms with Crippen molar-refractivity contribution in [2.24, 2.45) is 0 Å². The van der Waals surface area contributed by atoms with Gasteiger partial charge < -0.3 is 15.4 Å². The van der Waals surface area contributed by atoms with Crippen LogP contribution in [0.25, 0.3) is 0 Å². The molecule has 100 valence electrons. The monoisotopic (exact) mass is 250 g/mol. The number of benzene rings is 1. The lowest BCUT2D eigenvalue weighted by molar-refractivity contribution is 0.238. The van der Waals surface area contributed by atoms with E-state index in [1.807, 2.05) is 31.2 Å². The van der Waals surface area contributed by atoms with Crippen LogP contribution in [0.3, 0.4) is 0 Å². The second-order valence-corrected chi connectivity index (χ2v) is 4.80. The molecule has 2 N–H and O–H groups in total. The summed E-state index contributed by atoms with van der Waals surface area (Å²) in [7, 11) is 1.66. The smallest absolute Gasteiger partial charge is 0.314 e. The predicted molar refractivity (Wildman–Crippen MR) is 73.1 cm³/mol. The van der Waals surface area contributed by atoms with Gasteiger partial charge in [0.25, 0.3) is 0 Å². The Hall–Kier alpha value is -1.71. The zero-order valence-electron chi connectivity index (χ0n) is 11.5. The number of rotatable bonds is 5. The highest BCUT2D eigenvalue weighted by Gasteiger charge is 2.24. The summed E-state index contributed by atoms with van der Waals surface area (Å²) in [6.45, 7) is 7.24. The van der Waals surface area contributed by atoms with Crippen LogP contribution in [-0.2, 0) is 5.41 Å². The molecule has 0 fully saturated rings.